The van der Waals surface area contributed by atoms with E-state index in [0.29, 0.717) is 33.4 Å². The molecule has 0 radical (unpaired) electrons. The van der Waals surface area contributed by atoms with Gasteiger partial charge in [0.1, 0.15) is 33.8 Å². The summed E-state index contributed by atoms with van der Waals surface area (Å²) >= 11 is 0. The maximum atomic E-state index is 13.1. The van der Waals surface area contributed by atoms with Crippen LogP contribution in [0, 0.1) is 6.92 Å². The van der Waals surface area contributed by atoms with E-state index in [4.69, 9.17) is 13.9 Å². The second-order valence-electron chi connectivity index (χ2n) is 5.91. The maximum Gasteiger partial charge on any atom is 0.204 e. The molecule has 0 fully saturated rings. The van der Waals surface area contributed by atoms with Gasteiger partial charge in [0.25, 0.3) is 0 Å². The van der Waals surface area contributed by atoms with E-state index in [0.717, 1.165) is 10.9 Å². The number of hydrogen-bond donors (Lipinski definition) is 1. The van der Waals surface area contributed by atoms with Crippen molar-refractivity contribution in [3.05, 3.63) is 52.2 Å². The molecule has 25 heavy (non-hydrogen) atoms. The maximum absolute atomic E-state index is 13.1. The second kappa shape index (κ2) is 5.41. The van der Waals surface area contributed by atoms with Crippen molar-refractivity contribution in [3.63, 3.8) is 0 Å². The van der Waals surface area contributed by atoms with Gasteiger partial charge in [-0.15, -0.1) is 0 Å². The summed E-state index contributed by atoms with van der Waals surface area (Å²) in [6.45, 7) is 1.81. The first kappa shape index (κ1) is 15.3. The van der Waals surface area contributed by atoms with Gasteiger partial charge >= 0.3 is 0 Å². The van der Waals surface area contributed by atoms with Crippen LogP contribution in [-0.4, -0.2) is 19.3 Å². The summed E-state index contributed by atoms with van der Waals surface area (Å²) < 4.78 is 16.5. The number of phenols is 1. The van der Waals surface area contributed by atoms with Crippen molar-refractivity contribution in [1.82, 2.24) is 0 Å². The summed E-state index contributed by atoms with van der Waals surface area (Å²) in [5, 5.41) is 12.6. The number of ether oxygens (including phenoxy) is 2. The average Bonchev–Trinajstić information content (AvgIpc) is 2.60. The zero-order valence-electron chi connectivity index (χ0n) is 14.0. The van der Waals surface area contributed by atoms with Gasteiger partial charge in [-0.2, -0.15) is 0 Å². The Bertz CT molecular complexity index is 1200. The minimum atomic E-state index is -0.276. The van der Waals surface area contributed by atoms with E-state index in [1.807, 2.05) is 19.1 Å². The van der Waals surface area contributed by atoms with Crippen LogP contribution in [0.5, 0.6) is 17.2 Å². The lowest BCUT2D eigenvalue weighted by Crippen LogP contribution is -2.05. The molecular formula is C20H16O5. The van der Waals surface area contributed by atoms with Crippen molar-refractivity contribution in [2.24, 2.45) is 0 Å². The van der Waals surface area contributed by atoms with E-state index in [-0.39, 0.29) is 16.6 Å². The first-order valence-electron chi connectivity index (χ1n) is 7.79. The van der Waals surface area contributed by atoms with Crippen LogP contribution >= 0.6 is 0 Å². The van der Waals surface area contributed by atoms with Crippen LogP contribution < -0.4 is 14.9 Å². The van der Waals surface area contributed by atoms with Crippen LogP contribution in [0.25, 0.3) is 32.7 Å². The molecule has 1 aromatic heterocycles. The molecule has 0 aliphatic rings. The fourth-order valence-electron chi connectivity index (χ4n) is 3.30. The third-order valence-electron chi connectivity index (χ3n) is 4.47. The predicted octanol–water partition coefficient (Wildman–Crippen LogP) is 4.13. The number of benzene rings is 3. The van der Waals surface area contributed by atoms with Gasteiger partial charge in [-0.3, -0.25) is 4.79 Å². The van der Waals surface area contributed by atoms with Crippen LogP contribution in [0.2, 0.25) is 0 Å². The number of rotatable bonds is 2. The Hall–Kier alpha value is -3.21. The van der Waals surface area contributed by atoms with Crippen molar-refractivity contribution < 1.29 is 19.0 Å². The highest BCUT2D eigenvalue weighted by Crippen LogP contribution is 2.39. The molecule has 0 spiro atoms. The van der Waals surface area contributed by atoms with Gasteiger partial charge in [0.2, 0.25) is 5.43 Å². The molecule has 1 N–H and O–H groups in total. The summed E-state index contributed by atoms with van der Waals surface area (Å²) in [4.78, 5) is 13.1. The minimum Gasteiger partial charge on any atom is -0.506 e. The molecule has 126 valence electrons. The minimum absolute atomic E-state index is 0.129. The molecule has 5 nitrogen and oxygen atoms in total. The number of methoxy groups -OCH3 is 2. The molecule has 0 aliphatic carbocycles. The van der Waals surface area contributed by atoms with E-state index < -0.39 is 0 Å². The first-order valence-corrected chi connectivity index (χ1v) is 7.79. The SMILES string of the molecule is COc1cc(C)c2c(=O)c3c(O)c4c(OC)cccc4cc3oc2c1. The lowest BCUT2D eigenvalue weighted by molar-refractivity contribution is 0.414. The van der Waals surface area contributed by atoms with Crippen LogP contribution in [-0.2, 0) is 0 Å². The summed E-state index contributed by atoms with van der Waals surface area (Å²) in [6, 6.07) is 10.6. The predicted molar refractivity (Wildman–Crippen MR) is 97.0 cm³/mol. The van der Waals surface area contributed by atoms with Crippen molar-refractivity contribution in [2.75, 3.05) is 14.2 Å². The first-order chi connectivity index (χ1) is 12.0. The lowest BCUT2D eigenvalue weighted by Gasteiger charge is -2.11. The van der Waals surface area contributed by atoms with Gasteiger partial charge in [-0.25, -0.2) is 0 Å². The molecule has 0 unspecified atom stereocenters. The number of phenolic OH excluding ortho intramolecular Hbond substituents is 1. The third kappa shape index (κ3) is 2.12. The Morgan fingerprint density at radius 3 is 2.44 bits per heavy atom. The van der Waals surface area contributed by atoms with E-state index in [2.05, 4.69) is 0 Å². The molecule has 0 atom stereocenters. The molecule has 1 heterocycles. The highest BCUT2D eigenvalue weighted by molar-refractivity contribution is 6.08. The fourth-order valence-corrected chi connectivity index (χ4v) is 3.30. The monoisotopic (exact) mass is 336 g/mol. The second-order valence-corrected chi connectivity index (χ2v) is 5.91. The third-order valence-corrected chi connectivity index (χ3v) is 4.47. The largest absolute Gasteiger partial charge is 0.506 e. The molecule has 3 aromatic carbocycles. The molecule has 4 aromatic rings. The Morgan fingerprint density at radius 2 is 1.72 bits per heavy atom. The quantitative estimate of drug-likeness (QED) is 0.557. The highest BCUT2D eigenvalue weighted by Gasteiger charge is 2.18. The van der Waals surface area contributed by atoms with Gasteiger partial charge in [-0.05, 0) is 36.1 Å². The summed E-state index contributed by atoms with van der Waals surface area (Å²) in [7, 11) is 3.09. The average molecular weight is 336 g/mol. The standard InChI is InChI=1S/C20H16O5/c1-10-7-12(23-2)9-15-16(10)19(21)18-14(25-15)8-11-5-4-6-13(24-3)17(11)20(18)22/h4-9,22H,1-3H3. The van der Waals surface area contributed by atoms with Gasteiger partial charge in [-0.1, -0.05) is 12.1 Å². The molecule has 0 amide bonds. The van der Waals surface area contributed by atoms with Crippen molar-refractivity contribution >= 4 is 32.7 Å². The fraction of sp³-hybridized carbons (Fsp3) is 0.150. The smallest absolute Gasteiger partial charge is 0.204 e. The van der Waals surface area contributed by atoms with Gasteiger partial charge in [0, 0.05) is 6.07 Å². The van der Waals surface area contributed by atoms with Gasteiger partial charge < -0.3 is 19.0 Å². The van der Waals surface area contributed by atoms with Gasteiger partial charge in [0.15, 0.2) is 0 Å². The summed E-state index contributed by atoms with van der Waals surface area (Å²) in [5.74, 6) is 0.984. The van der Waals surface area contributed by atoms with Crippen LogP contribution in [0.15, 0.2) is 45.6 Å². The van der Waals surface area contributed by atoms with Gasteiger partial charge in [0.05, 0.1) is 25.0 Å². The van der Waals surface area contributed by atoms with Crippen LogP contribution in [0.4, 0.5) is 0 Å². The van der Waals surface area contributed by atoms with E-state index >= 15 is 0 Å². The molecular weight excluding hydrogens is 320 g/mol. The van der Waals surface area contributed by atoms with E-state index in [1.54, 1.807) is 31.4 Å². The molecule has 0 bridgehead atoms. The Balaban J connectivity index is 2.26. The number of aromatic hydroxyl groups is 1. The Labute approximate surface area is 143 Å². The number of hydrogen-bond acceptors (Lipinski definition) is 5. The summed E-state index contributed by atoms with van der Waals surface area (Å²) in [6.07, 6.45) is 0. The van der Waals surface area contributed by atoms with Crippen molar-refractivity contribution in [3.8, 4) is 17.2 Å². The molecule has 0 aliphatic heterocycles. The van der Waals surface area contributed by atoms with Crippen LogP contribution in [0.1, 0.15) is 5.56 Å². The number of fused-ring (bicyclic) bond motifs is 3. The zero-order chi connectivity index (χ0) is 17.7. The molecule has 5 heteroatoms. The highest BCUT2D eigenvalue weighted by atomic mass is 16.5. The lowest BCUT2D eigenvalue weighted by atomic mass is 10.0. The zero-order valence-corrected chi connectivity index (χ0v) is 14.0. The molecule has 4 rings (SSSR count). The summed E-state index contributed by atoms with van der Waals surface area (Å²) in [5.41, 5.74) is 1.20. The molecule has 0 saturated heterocycles. The van der Waals surface area contributed by atoms with Crippen molar-refractivity contribution in [2.45, 2.75) is 6.92 Å². The van der Waals surface area contributed by atoms with Crippen LogP contribution in [0.3, 0.4) is 0 Å². The normalized spacial score (nSPS) is 11.3. The Kier molecular flexibility index (Phi) is 3.32. The van der Waals surface area contributed by atoms with E-state index in [1.165, 1.54) is 7.11 Å². The molecule has 0 saturated carbocycles. The van der Waals surface area contributed by atoms with E-state index in [9.17, 15) is 9.90 Å². The Morgan fingerprint density at radius 1 is 0.960 bits per heavy atom. The van der Waals surface area contributed by atoms with Crippen molar-refractivity contribution in [1.29, 1.82) is 0 Å². The number of aryl methyl sites for hydroxylation is 1. The topological polar surface area (TPSA) is 68.9 Å².